The van der Waals surface area contributed by atoms with Crippen LogP contribution in [-0.4, -0.2) is 40.2 Å². The monoisotopic (exact) mass is 426 g/mol. The summed E-state index contributed by atoms with van der Waals surface area (Å²) in [5.74, 6) is -0.777. The molecule has 0 aliphatic carbocycles. The van der Waals surface area contributed by atoms with Gasteiger partial charge < -0.3 is 9.84 Å². The van der Waals surface area contributed by atoms with Gasteiger partial charge in [-0.2, -0.15) is 23.3 Å². The Morgan fingerprint density at radius 2 is 1.79 bits per heavy atom. The first kappa shape index (κ1) is 21.1. The minimum atomic E-state index is -5.11. The van der Waals surface area contributed by atoms with E-state index in [1.54, 1.807) is 12.1 Å². The van der Waals surface area contributed by atoms with Crippen molar-refractivity contribution >= 4 is 23.2 Å². The molecule has 2 aromatic rings. The first-order valence-corrected chi connectivity index (χ1v) is 9.04. The van der Waals surface area contributed by atoms with Gasteiger partial charge in [0, 0.05) is 5.02 Å². The predicted octanol–water partition coefficient (Wildman–Crippen LogP) is 4.22. The highest BCUT2D eigenvalue weighted by atomic mass is 35.5. The van der Waals surface area contributed by atoms with Gasteiger partial charge >= 0.3 is 6.18 Å². The van der Waals surface area contributed by atoms with Crippen molar-refractivity contribution in [3.63, 3.8) is 0 Å². The van der Waals surface area contributed by atoms with E-state index in [1.165, 1.54) is 24.3 Å². The van der Waals surface area contributed by atoms with Gasteiger partial charge in [0.15, 0.2) is 6.61 Å². The van der Waals surface area contributed by atoms with Crippen molar-refractivity contribution < 1.29 is 27.8 Å². The number of hydrogen-bond donors (Lipinski definition) is 1. The van der Waals surface area contributed by atoms with Gasteiger partial charge in [0.2, 0.25) is 0 Å². The summed E-state index contributed by atoms with van der Waals surface area (Å²) in [5, 5.41) is 14.5. The fraction of sp³-hybridized carbons (Fsp3) is 0.300. The zero-order valence-electron chi connectivity index (χ0n) is 15.6. The van der Waals surface area contributed by atoms with Crippen LogP contribution in [0.3, 0.4) is 0 Å². The molecule has 0 spiro atoms. The average Bonchev–Trinajstić information content (AvgIpc) is 2.98. The maximum absolute atomic E-state index is 13.6. The Kier molecular flexibility index (Phi) is 5.60. The summed E-state index contributed by atoms with van der Waals surface area (Å²) in [6, 6.07) is 11.1. The van der Waals surface area contributed by atoms with E-state index in [9.17, 15) is 23.1 Å². The van der Waals surface area contributed by atoms with Crippen molar-refractivity contribution in [2.75, 3.05) is 6.61 Å². The molecule has 0 unspecified atom stereocenters. The molecule has 0 bridgehead atoms. The number of ether oxygens (including phenoxy) is 1. The van der Waals surface area contributed by atoms with Crippen LogP contribution < -0.4 is 4.74 Å². The number of carbonyl (C=O) groups is 1. The molecule has 2 aromatic carbocycles. The molecule has 1 atom stereocenters. The largest absolute Gasteiger partial charge is 0.484 e. The number of rotatable bonds is 4. The van der Waals surface area contributed by atoms with Gasteiger partial charge in [-0.15, -0.1) is 0 Å². The Labute approximate surface area is 170 Å². The van der Waals surface area contributed by atoms with Crippen LogP contribution in [0.25, 0.3) is 0 Å². The molecule has 3 rings (SSSR count). The van der Waals surface area contributed by atoms with Crippen LogP contribution in [0.5, 0.6) is 5.75 Å². The number of aryl methyl sites for hydroxylation is 2. The smallest absolute Gasteiger partial charge is 0.438 e. The Hall–Kier alpha value is -2.58. The summed E-state index contributed by atoms with van der Waals surface area (Å²) < 4.78 is 46.1. The van der Waals surface area contributed by atoms with Crippen LogP contribution in [0.15, 0.2) is 47.6 Å². The van der Waals surface area contributed by atoms with Gasteiger partial charge in [-0.1, -0.05) is 29.8 Å². The third kappa shape index (κ3) is 4.38. The molecule has 1 aliphatic heterocycles. The van der Waals surface area contributed by atoms with E-state index in [1.807, 2.05) is 19.9 Å². The van der Waals surface area contributed by atoms with Crippen molar-refractivity contribution in [2.45, 2.75) is 32.2 Å². The molecule has 0 saturated carbocycles. The van der Waals surface area contributed by atoms with Crippen LogP contribution in [0.2, 0.25) is 5.02 Å². The van der Waals surface area contributed by atoms with Crippen molar-refractivity contribution in [3.05, 3.63) is 64.2 Å². The van der Waals surface area contributed by atoms with Gasteiger partial charge in [-0.05, 0) is 54.8 Å². The number of benzene rings is 2. The molecule has 0 saturated heterocycles. The second-order valence-electron chi connectivity index (χ2n) is 6.86. The standard InChI is InChI=1S/C20H18ClF3N2O3/c1-12-7-13(2)9-16(8-12)29-11-18(27)26-19(28,20(22,23)24)10-17(25-26)14-3-5-15(21)6-4-14/h3-9,28H,10-11H2,1-2H3/t19-/m1/s1. The minimum Gasteiger partial charge on any atom is -0.484 e. The van der Waals surface area contributed by atoms with E-state index < -0.39 is 30.8 Å². The zero-order valence-corrected chi connectivity index (χ0v) is 16.4. The lowest BCUT2D eigenvalue weighted by Gasteiger charge is -2.32. The van der Waals surface area contributed by atoms with E-state index >= 15 is 0 Å². The summed E-state index contributed by atoms with van der Waals surface area (Å²) in [6.45, 7) is 2.94. The van der Waals surface area contributed by atoms with Gasteiger partial charge in [-0.3, -0.25) is 4.79 Å². The third-order valence-electron chi connectivity index (χ3n) is 4.41. The lowest BCUT2D eigenvalue weighted by atomic mass is 10.0. The molecule has 1 heterocycles. The summed E-state index contributed by atoms with van der Waals surface area (Å²) >= 11 is 5.80. The molecule has 1 aliphatic rings. The van der Waals surface area contributed by atoms with Crippen LogP contribution in [0, 0.1) is 13.8 Å². The maximum atomic E-state index is 13.6. The molecule has 1 N–H and O–H groups in total. The third-order valence-corrected chi connectivity index (χ3v) is 4.66. The lowest BCUT2D eigenvalue weighted by molar-refractivity contribution is -0.302. The average molecular weight is 427 g/mol. The Morgan fingerprint density at radius 1 is 1.21 bits per heavy atom. The molecule has 0 aromatic heterocycles. The first-order valence-electron chi connectivity index (χ1n) is 8.66. The van der Waals surface area contributed by atoms with Crippen molar-refractivity contribution in [3.8, 4) is 5.75 Å². The highest BCUT2D eigenvalue weighted by molar-refractivity contribution is 6.30. The molecule has 9 heteroatoms. The highest BCUT2D eigenvalue weighted by Crippen LogP contribution is 2.41. The lowest BCUT2D eigenvalue weighted by Crippen LogP contribution is -2.57. The number of nitrogens with zero attached hydrogens (tertiary/aromatic N) is 2. The quantitative estimate of drug-likeness (QED) is 0.796. The van der Waals surface area contributed by atoms with Crippen molar-refractivity contribution in [2.24, 2.45) is 5.10 Å². The van der Waals surface area contributed by atoms with Crippen LogP contribution in [0.4, 0.5) is 13.2 Å². The van der Waals surface area contributed by atoms with Gasteiger partial charge in [0.05, 0.1) is 12.1 Å². The number of halogens is 4. The summed E-state index contributed by atoms with van der Waals surface area (Å²) in [6.07, 6.45) is -6.01. The number of aliphatic hydroxyl groups is 1. The van der Waals surface area contributed by atoms with Crippen molar-refractivity contribution in [1.82, 2.24) is 5.01 Å². The van der Waals surface area contributed by atoms with Crippen LogP contribution in [0.1, 0.15) is 23.1 Å². The molecule has 5 nitrogen and oxygen atoms in total. The Balaban J connectivity index is 1.85. The molecule has 1 amide bonds. The van der Waals surface area contributed by atoms with Gasteiger partial charge in [-0.25, -0.2) is 0 Å². The van der Waals surface area contributed by atoms with E-state index in [0.717, 1.165) is 11.1 Å². The molecule has 0 fully saturated rings. The minimum absolute atomic E-state index is 0.0552. The van der Waals surface area contributed by atoms with Crippen LogP contribution in [-0.2, 0) is 4.79 Å². The summed E-state index contributed by atoms with van der Waals surface area (Å²) in [5.41, 5.74) is -1.46. The molecule has 29 heavy (non-hydrogen) atoms. The van der Waals surface area contributed by atoms with Gasteiger partial charge in [0.25, 0.3) is 11.6 Å². The normalized spacial score (nSPS) is 19.3. The Morgan fingerprint density at radius 3 is 2.34 bits per heavy atom. The fourth-order valence-corrected chi connectivity index (χ4v) is 3.18. The SMILES string of the molecule is Cc1cc(C)cc(OCC(=O)N2N=C(c3ccc(Cl)cc3)C[C@@]2(O)C(F)(F)F)c1. The summed E-state index contributed by atoms with van der Waals surface area (Å²) in [7, 11) is 0. The van der Waals surface area contributed by atoms with Gasteiger partial charge in [0.1, 0.15) is 5.75 Å². The number of carbonyl (C=O) groups excluding carboxylic acids is 1. The molecular formula is C20H18ClF3N2O3. The maximum Gasteiger partial charge on any atom is 0.438 e. The highest BCUT2D eigenvalue weighted by Gasteiger charge is 2.63. The van der Waals surface area contributed by atoms with E-state index in [4.69, 9.17) is 16.3 Å². The predicted molar refractivity (Wildman–Crippen MR) is 102 cm³/mol. The second kappa shape index (κ2) is 7.68. The number of hydrogen-bond acceptors (Lipinski definition) is 4. The second-order valence-corrected chi connectivity index (χ2v) is 7.30. The van der Waals surface area contributed by atoms with E-state index in [2.05, 4.69) is 5.10 Å². The molecular weight excluding hydrogens is 409 g/mol. The Bertz CT molecular complexity index is 940. The first-order chi connectivity index (χ1) is 13.5. The fourth-order valence-electron chi connectivity index (χ4n) is 3.05. The zero-order chi connectivity index (χ0) is 21.4. The number of hydrazone groups is 1. The molecule has 154 valence electrons. The van der Waals surface area contributed by atoms with Crippen molar-refractivity contribution in [1.29, 1.82) is 0 Å². The van der Waals surface area contributed by atoms with Crippen LogP contribution >= 0.6 is 11.6 Å². The molecule has 0 radical (unpaired) electrons. The number of amides is 1. The van der Waals surface area contributed by atoms with E-state index in [0.29, 0.717) is 16.3 Å². The number of alkyl halides is 3. The topological polar surface area (TPSA) is 62.1 Å². The van der Waals surface area contributed by atoms with E-state index in [-0.39, 0.29) is 10.7 Å². The summed E-state index contributed by atoms with van der Waals surface area (Å²) in [4.78, 5) is 12.5.